The minimum Gasteiger partial charge on any atom is -0.481 e. The van der Waals surface area contributed by atoms with E-state index in [1.807, 2.05) is 31.6 Å². The topological polar surface area (TPSA) is 106 Å². The van der Waals surface area contributed by atoms with Gasteiger partial charge in [0.05, 0.1) is 41.9 Å². The van der Waals surface area contributed by atoms with Crippen LogP contribution in [0, 0.1) is 11.3 Å². The number of aromatic nitrogens is 4. The summed E-state index contributed by atoms with van der Waals surface area (Å²) in [6.07, 6.45) is 10.1. The molecule has 2 bridgehead atoms. The molecule has 0 amide bonds. The van der Waals surface area contributed by atoms with E-state index in [0.29, 0.717) is 36.4 Å². The largest absolute Gasteiger partial charge is 0.481 e. The molecule has 0 radical (unpaired) electrons. The molecule has 10 heteroatoms. The smallest absolute Gasteiger partial charge is 0.212 e. The van der Waals surface area contributed by atoms with E-state index in [-0.39, 0.29) is 0 Å². The van der Waals surface area contributed by atoms with E-state index >= 15 is 0 Å². The van der Waals surface area contributed by atoms with E-state index in [1.165, 1.54) is 12.0 Å². The predicted octanol–water partition coefficient (Wildman–Crippen LogP) is 3.49. The molecule has 2 unspecified atom stereocenters. The number of rotatable bonds is 6. The normalized spacial score (nSPS) is 21.9. The number of methoxy groups -OCH3 is 1. The fourth-order valence-corrected chi connectivity index (χ4v) is 6.53. The molecule has 4 aromatic rings. The summed E-state index contributed by atoms with van der Waals surface area (Å²) in [7, 11) is 1.64. The van der Waals surface area contributed by atoms with Crippen molar-refractivity contribution in [3.63, 3.8) is 0 Å². The van der Waals surface area contributed by atoms with Gasteiger partial charge in [0, 0.05) is 74.4 Å². The standard InChI is InChI=1S/C31H34N8O2/c1-31(40)7-9-36(10-8-31)24-12-27(30-23(13-32)16-35-39(30)20-24)22-4-5-28(33-15-22)37-18-25-11-26(19-37)38(25)17-21-3-6-29(41-2)34-14-21/h3-6,12,14-16,20,25-26,40H,7-11,17-19H2,1-2H3. The maximum absolute atomic E-state index is 10.4. The molecule has 210 valence electrons. The zero-order chi connectivity index (χ0) is 28.1. The zero-order valence-electron chi connectivity index (χ0n) is 23.4. The molecule has 4 aliphatic heterocycles. The number of hydrogen-bond acceptors (Lipinski definition) is 9. The lowest BCUT2D eigenvalue weighted by atomic mass is 9.87. The average Bonchev–Trinajstić information content (AvgIpc) is 3.43. The lowest BCUT2D eigenvalue weighted by molar-refractivity contribution is -0.00876. The highest BCUT2D eigenvalue weighted by molar-refractivity contribution is 5.86. The second kappa shape index (κ2) is 10.0. The first-order chi connectivity index (χ1) is 19.9. The summed E-state index contributed by atoms with van der Waals surface area (Å²) in [4.78, 5) is 16.5. The minimum absolute atomic E-state index is 0.504. The van der Waals surface area contributed by atoms with E-state index in [9.17, 15) is 10.4 Å². The van der Waals surface area contributed by atoms with Gasteiger partial charge in [0.25, 0.3) is 0 Å². The van der Waals surface area contributed by atoms with Gasteiger partial charge in [-0.2, -0.15) is 10.4 Å². The molecule has 1 N–H and O–H groups in total. The molecule has 10 nitrogen and oxygen atoms in total. The van der Waals surface area contributed by atoms with Crippen molar-refractivity contribution >= 4 is 17.0 Å². The Morgan fingerprint density at radius 2 is 1.85 bits per heavy atom. The fraction of sp³-hybridized carbons (Fsp3) is 0.419. The number of piperidine rings is 2. The van der Waals surface area contributed by atoms with Crippen LogP contribution >= 0.6 is 0 Å². The number of anilines is 2. The van der Waals surface area contributed by atoms with Crippen LogP contribution < -0.4 is 14.5 Å². The molecule has 0 saturated carbocycles. The Labute approximate surface area is 239 Å². The van der Waals surface area contributed by atoms with Crippen molar-refractivity contribution in [2.75, 3.05) is 43.1 Å². The Balaban J connectivity index is 1.10. The number of ether oxygens (including phenoxy) is 1. The summed E-state index contributed by atoms with van der Waals surface area (Å²) < 4.78 is 6.99. The van der Waals surface area contributed by atoms with Crippen molar-refractivity contribution in [1.82, 2.24) is 24.5 Å². The van der Waals surface area contributed by atoms with Gasteiger partial charge in [-0.25, -0.2) is 14.5 Å². The third-order valence-corrected chi connectivity index (χ3v) is 9.02. The molecule has 0 aromatic carbocycles. The van der Waals surface area contributed by atoms with Crippen molar-refractivity contribution in [3.8, 4) is 23.1 Å². The molecule has 4 aromatic heterocycles. The van der Waals surface area contributed by atoms with Crippen LogP contribution in [0.4, 0.5) is 11.5 Å². The van der Waals surface area contributed by atoms with E-state index in [1.54, 1.807) is 17.8 Å². The quantitative estimate of drug-likeness (QED) is 0.386. The lowest BCUT2D eigenvalue weighted by Gasteiger charge is -2.56. The van der Waals surface area contributed by atoms with Gasteiger partial charge >= 0.3 is 0 Å². The van der Waals surface area contributed by atoms with Crippen LogP contribution in [-0.4, -0.2) is 80.6 Å². The maximum Gasteiger partial charge on any atom is 0.212 e. The van der Waals surface area contributed by atoms with Gasteiger partial charge in [-0.3, -0.25) is 4.90 Å². The number of nitrogens with zero attached hydrogens (tertiary/aromatic N) is 8. The summed E-state index contributed by atoms with van der Waals surface area (Å²) in [5.41, 5.74) is 4.84. The van der Waals surface area contributed by atoms with E-state index in [0.717, 1.165) is 60.9 Å². The molecular formula is C31H34N8O2. The number of piperazine rings is 1. The maximum atomic E-state index is 10.4. The van der Waals surface area contributed by atoms with Gasteiger partial charge in [0.2, 0.25) is 5.88 Å². The third-order valence-electron chi connectivity index (χ3n) is 9.02. The van der Waals surface area contributed by atoms with Gasteiger partial charge in [-0.05, 0) is 49.9 Å². The number of pyridine rings is 3. The molecule has 4 aliphatic rings. The van der Waals surface area contributed by atoms with Gasteiger partial charge in [-0.15, -0.1) is 0 Å². The van der Waals surface area contributed by atoms with Crippen molar-refractivity contribution in [2.45, 2.75) is 50.4 Å². The molecule has 4 fully saturated rings. The fourth-order valence-electron chi connectivity index (χ4n) is 6.53. The van der Waals surface area contributed by atoms with Crippen LogP contribution in [0.5, 0.6) is 5.88 Å². The van der Waals surface area contributed by atoms with Crippen LogP contribution in [0.25, 0.3) is 16.6 Å². The van der Waals surface area contributed by atoms with Gasteiger partial charge < -0.3 is 19.6 Å². The Hall–Kier alpha value is -4.20. The molecule has 4 saturated heterocycles. The summed E-state index contributed by atoms with van der Waals surface area (Å²) in [5.74, 6) is 1.62. The summed E-state index contributed by atoms with van der Waals surface area (Å²) in [6, 6.07) is 13.7. The minimum atomic E-state index is -0.623. The zero-order valence-corrected chi connectivity index (χ0v) is 23.4. The third kappa shape index (κ3) is 4.75. The molecule has 2 atom stereocenters. The SMILES string of the molecule is COc1ccc(CN2C3CC2CN(c2ccc(-c4cc(N5CCC(C)(O)CC5)cn5ncc(C#N)c45)cn2)C3)cn1. The van der Waals surface area contributed by atoms with E-state index in [4.69, 9.17) is 9.72 Å². The Kier molecular flexibility index (Phi) is 6.29. The summed E-state index contributed by atoms with van der Waals surface area (Å²) in [6.45, 7) is 6.24. The lowest BCUT2D eigenvalue weighted by Crippen LogP contribution is -2.68. The summed E-state index contributed by atoms with van der Waals surface area (Å²) >= 11 is 0. The Bertz CT molecular complexity index is 1590. The van der Waals surface area contributed by atoms with Crippen molar-refractivity contribution in [1.29, 1.82) is 5.26 Å². The van der Waals surface area contributed by atoms with Crippen molar-refractivity contribution in [2.24, 2.45) is 0 Å². The van der Waals surface area contributed by atoms with Crippen molar-refractivity contribution < 1.29 is 9.84 Å². The summed E-state index contributed by atoms with van der Waals surface area (Å²) in [5, 5.41) is 24.7. The number of nitriles is 1. The average molecular weight is 551 g/mol. The number of aliphatic hydroxyl groups is 1. The van der Waals surface area contributed by atoms with E-state index < -0.39 is 5.60 Å². The number of hydrogen-bond donors (Lipinski definition) is 1. The van der Waals surface area contributed by atoms with Crippen LogP contribution in [0.15, 0.2) is 55.1 Å². The number of fused-ring (bicyclic) bond motifs is 3. The van der Waals surface area contributed by atoms with Crippen LogP contribution in [0.3, 0.4) is 0 Å². The second-order valence-electron chi connectivity index (χ2n) is 11.8. The van der Waals surface area contributed by atoms with Gasteiger partial charge in [0.1, 0.15) is 11.9 Å². The van der Waals surface area contributed by atoms with Crippen LogP contribution in [0.1, 0.15) is 37.3 Å². The Morgan fingerprint density at radius 3 is 2.51 bits per heavy atom. The second-order valence-corrected chi connectivity index (χ2v) is 11.8. The first-order valence-corrected chi connectivity index (χ1v) is 14.3. The highest BCUT2D eigenvalue weighted by atomic mass is 16.5. The van der Waals surface area contributed by atoms with Crippen LogP contribution in [-0.2, 0) is 6.54 Å². The Morgan fingerprint density at radius 1 is 1.05 bits per heavy atom. The van der Waals surface area contributed by atoms with Crippen LogP contribution in [0.2, 0.25) is 0 Å². The first kappa shape index (κ1) is 25.7. The van der Waals surface area contributed by atoms with Gasteiger partial charge in [0.15, 0.2) is 0 Å². The van der Waals surface area contributed by atoms with E-state index in [2.05, 4.69) is 55.1 Å². The first-order valence-electron chi connectivity index (χ1n) is 14.3. The molecule has 0 spiro atoms. The van der Waals surface area contributed by atoms with Crippen molar-refractivity contribution in [3.05, 3.63) is 66.2 Å². The molecule has 41 heavy (non-hydrogen) atoms. The highest BCUT2D eigenvalue weighted by Gasteiger charge is 2.44. The molecular weight excluding hydrogens is 516 g/mol. The molecule has 8 rings (SSSR count). The monoisotopic (exact) mass is 550 g/mol. The highest BCUT2D eigenvalue weighted by Crippen LogP contribution is 2.37. The van der Waals surface area contributed by atoms with Gasteiger partial charge in [-0.1, -0.05) is 6.07 Å². The molecule has 8 heterocycles. The predicted molar refractivity (Wildman–Crippen MR) is 156 cm³/mol. The molecule has 0 aliphatic carbocycles.